The van der Waals surface area contributed by atoms with E-state index in [1.165, 1.54) is 0 Å². The zero-order chi connectivity index (χ0) is 8.81. The van der Waals surface area contributed by atoms with Gasteiger partial charge in [0.05, 0.1) is 5.02 Å². The van der Waals surface area contributed by atoms with Crippen LogP contribution in [0.4, 0.5) is 5.82 Å². The van der Waals surface area contributed by atoms with Gasteiger partial charge in [0.1, 0.15) is 5.82 Å². The molecule has 1 N–H and O–H groups in total. The number of aromatic nitrogens is 1. The highest BCUT2D eigenvalue weighted by atomic mass is 35.5. The van der Waals surface area contributed by atoms with Gasteiger partial charge in [-0.05, 0) is 18.6 Å². The van der Waals surface area contributed by atoms with Gasteiger partial charge in [-0.1, -0.05) is 11.6 Å². The molecule has 0 fully saturated rings. The number of anilines is 1. The fourth-order valence-electron chi connectivity index (χ4n) is 0.789. The highest BCUT2D eigenvalue weighted by Gasteiger charge is 1.97. The number of pyridine rings is 1. The topological polar surface area (TPSA) is 24.9 Å². The van der Waals surface area contributed by atoms with Crippen LogP contribution in [0.3, 0.4) is 0 Å². The van der Waals surface area contributed by atoms with Gasteiger partial charge in [-0.15, -0.1) is 11.6 Å². The molecule has 0 atom stereocenters. The molecule has 0 spiro atoms. The molecule has 0 aromatic carbocycles. The maximum atomic E-state index is 5.85. The summed E-state index contributed by atoms with van der Waals surface area (Å²) in [4.78, 5) is 4.06. The minimum atomic E-state index is 0.645. The number of nitrogens with zero attached hydrogens (tertiary/aromatic N) is 1. The van der Waals surface area contributed by atoms with E-state index in [2.05, 4.69) is 10.3 Å². The van der Waals surface area contributed by atoms with Crippen molar-refractivity contribution in [1.29, 1.82) is 0 Å². The Kier molecular flexibility index (Phi) is 4.19. The fourth-order valence-corrected chi connectivity index (χ4v) is 1.11. The minimum Gasteiger partial charge on any atom is -0.369 e. The molecule has 0 amide bonds. The summed E-state index contributed by atoms with van der Waals surface area (Å²) in [5.41, 5.74) is 0. The zero-order valence-corrected chi connectivity index (χ0v) is 8.07. The lowest BCUT2D eigenvalue weighted by atomic mass is 10.4. The Morgan fingerprint density at radius 1 is 1.50 bits per heavy atom. The molecule has 1 aromatic rings. The van der Waals surface area contributed by atoms with Crippen LogP contribution in [0.15, 0.2) is 18.3 Å². The molecule has 1 aromatic heterocycles. The predicted molar refractivity (Wildman–Crippen MR) is 53.1 cm³/mol. The van der Waals surface area contributed by atoms with Crippen molar-refractivity contribution in [3.63, 3.8) is 0 Å². The van der Waals surface area contributed by atoms with Crippen LogP contribution in [0.25, 0.3) is 0 Å². The molecule has 0 aliphatic rings. The Balaban J connectivity index is 2.46. The van der Waals surface area contributed by atoms with Crippen LogP contribution in [0.1, 0.15) is 6.42 Å². The lowest BCUT2D eigenvalue weighted by Crippen LogP contribution is -2.03. The lowest BCUT2D eigenvalue weighted by Gasteiger charge is -2.04. The summed E-state index contributed by atoms with van der Waals surface area (Å²) in [6.45, 7) is 0.806. The van der Waals surface area contributed by atoms with Crippen molar-refractivity contribution in [3.05, 3.63) is 23.4 Å². The third kappa shape index (κ3) is 2.88. The van der Waals surface area contributed by atoms with E-state index in [9.17, 15) is 0 Å². The SMILES string of the molecule is ClCCCNc1ncccc1Cl. The van der Waals surface area contributed by atoms with Gasteiger partial charge in [0.25, 0.3) is 0 Å². The van der Waals surface area contributed by atoms with E-state index in [0.717, 1.165) is 18.8 Å². The Morgan fingerprint density at radius 2 is 2.33 bits per heavy atom. The molecular weight excluding hydrogens is 195 g/mol. The number of hydrogen-bond acceptors (Lipinski definition) is 2. The van der Waals surface area contributed by atoms with Crippen LogP contribution >= 0.6 is 23.2 Å². The first-order chi connectivity index (χ1) is 5.84. The average molecular weight is 205 g/mol. The van der Waals surface area contributed by atoms with E-state index in [0.29, 0.717) is 10.9 Å². The summed E-state index contributed by atoms with van der Waals surface area (Å²) >= 11 is 11.4. The summed E-state index contributed by atoms with van der Waals surface area (Å²) in [6, 6.07) is 3.60. The van der Waals surface area contributed by atoms with E-state index in [1.807, 2.05) is 0 Å². The van der Waals surface area contributed by atoms with Crippen molar-refractivity contribution in [2.45, 2.75) is 6.42 Å². The van der Waals surface area contributed by atoms with Crippen molar-refractivity contribution in [1.82, 2.24) is 4.98 Å². The van der Waals surface area contributed by atoms with Gasteiger partial charge in [0.2, 0.25) is 0 Å². The second-order valence-corrected chi connectivity index (χ2v) is 3.09. The van der Waals surface area contributed by atoms with E-state index >= 15 is 0 Å². The molecule has 0 aliphatic carbocycles. The van der Waals surface area contributed by atoms with Crippen LogP contribution in [0, 0.1) is 0 Å². The van der Waals surface area contributed by atoms with Crippen molar-refractivity contribution in [2.75, 3.05) is 17.7 Å². The minimum absolute atomic E-state index is 0.645. The van der Waals surface area contributed by atoms with E-state index < -0.39 is 0 Å². The maximum Gasteiger partial charge on any atom is 0.144 e. The Hall–Kier alpha value is -0.470. The molecule has 12 heavy (non-hydrogen) atoms. The first-order valence-electron chi connectivity index (χ1n) is 3.75. The zero-order valence-electron chi connectivity index (χ0n) is 6.56. The fraction of sp³-hybridized carbons (Fsp3) is 0.375. The number of halogens is 2. The summed E-state index contributed by atoms with van der Waals surface area (Å²) in [7, 11) is 0. The molecule has 0 saturated carbocycles. The summed E-state index contributed by atoms with van der Waals surface area (Å²) in [5.74, 6) is 1.38. The molecule has 0 aliphatic heterocycles. The Labute approximate surface area is 81.9 Å². The van der Waals surface area contributed by atoms with Gasteiger partial charge in [0, 0.05) is 18.6 Å². The van der Waals surface area contributed by atoms with E-state index in [4.69, 9.17) is 23.2 Å². The molecule has 0 saturated heterocycles. The second kappa shape index (κ2) is 5.22. The van der Waals surface area contributed by atoms with Crippen LogP contribution in [-0.2, 0) is 0 Å². The van der Waals surface area contributed by atoms with Gasteiger partial charge in [-0.3, -0.25) is 0 Å². The highest BCUT2D eigenvalue weighted by Crippen LogP contribution is 2.16. The van der Waals surface area contributed by atoms with Crippen molar-refractivity contribution in [3.8, 4) is 0 Å². The monoisotopic (exact) mass is 204 g/mol. The van der Waals surface area contributed by atoms with Crippen LogP contribution in [0.5, 0.6) is 0 Å². The largest absolute Gasteiger partial charge is 0.369 e. The molecule has 0 bridgehead atoms. The van der Waals surface area contributed by atoms with Crippen LogP contribution in [0.2, 0.25) is 5.02 Å². The number of alkyl halides is 1. The van der Waals surface area contributed by atoms with Crippen LogP contribution < -0.4 is 5.32 Å². The van der Waals surface area contributed by atoms with Gasteiger partial charge in [-0.25, -0.2) is 4.98 Å². The lowest BCUT2D eigenvalue weighted by molar-refractivity contribution is 0.976. The molecule has 1 heterocycles. The summed E-state index contributed by atoms with van der Waals surface area (Å²) in [6.07, 6.45) is 2.61. The first kappa shape index (κ1) is 9.62. The molecule has 4 heteroatoms. The second-order valence-electron chi connectivity index (χ2n) is 2.30. The number of rotatable bonds is 4. The first-order valence-corrected chi connectivity index (χ1v) is 4.66. The molecule has 2 nitrogen and oxygen atoms in total. The molecule has 0 radical (unpaired) electrons. The van der Waals surface area contributed by atoms with Crippen molar-refractivity contribution >= 4 is 29.0 Å². The van der Waals surface area contributed by atoms with E-state index in [1.54, 1.807) is 18.3 Å². The molecular formula is C8H10Cl2N2. The van der Waals surface area contributed by atoms with Gasteiger partial charge in [-0.2, -0.15) is 0 Å². The Morgan fingerprint density at radius 3 is 3.00 bits per heavy atom. The van der Waals surface area contributed by atoms with Crippen LogP contribution in [-0.4, -0.2) is 17.4 Å². The standard InChI is InChI=1S/C8H10Cl2N2/c9-4-2-6-12-8-7(10)3-1-5-11-8/h1,3,5H,2,4,6H2,(H,11,12). The van der Waals surface area contributed by atoms with Gasteiger partial charge >= 0.3 is 0 Å². The maximum absolute atomic E-state index is 5.85. The number of hydrogen-bond donors (Lipinski definition) is 1. The predicted octanol–water partition coefficient (Wildman–Crippen LogP) is 2.78. The molecule has 66 valence electrons. The molecule has 0 unspecified atom stereocenters. The van der Waals surface area contributed by atoms with Gasteiger partial charge < -0.3 is 5.32 Å². The normalized spacial score (nSPS) is 9.83. The highest BCUT2D eigenvalue weighted by molar-refractivity contribution is 6.32. The Bertz CT molecular complexity index is 240. The number of nitrogens with one attached hydrogen (secondary N) is 1. The van der Waals surface area contributed by atoms with Crippen molar-refractivity contribution < 1.29 is 0 Å². The smallest absolute Gasteiger partial charge is 0.144 e. The summed E-state index contributed by atoms with van der Waals surface area (Å²) in [5, 5.41) is 3.73. The average Bonchev–Trinajstić information content (AvgIpc) is 2.09. The summed E-state index contributed by atoms with van der Waals surface area (Å²) < 4.78 is 0. The third-order valence-electron chi connectivity index (χ3n) is 1.36. The third-order valence-corrected chi connectivity index (χ3v) is 1.93. The quantitative estimate of drug-likeness (QED) is 0.603. The van der Waals surface area contributed by atoms with Gasteiger partial charge in [0.15, 0.2) is 0 Å². The molecule has 1 rings (SSSR count). The van der Waals surface area contributed by atoms with Crippen molar-refractivity contribution in [2.24, 2.45) is 0 Å². The van der Waals surface area contributed by atoms with E-state index in [-0.39, 0.29) is 0 Å².